The van der Waals surface area contributed by atoms with E-state index in [0.717, 1.165) is 5.56 Å². The van der Waals surface area contributed by atoms with Gasteiger partial charge in [0.1, 0.15) is 10.3 Å². The second kappa shape index (κ2) is 5.54. The highest BCUT2D eigenvalue weighted by Crippen LogP contribution is 2.26. The summed E-state index contributed by atoms with van der Waals surface area (Å²) >= 11 is 3.23. The molecule has 19 heavy (non-hydrogen) atoms. The summed E-state index contributed by atoms with van der Waals surface area (Å²) in [5, 5.41) is 3.23. The zero-order valence-electron chi connectivity index (χ0n) is 10.5. The maximum Gasteiger partial charge on any atom is 0.267 e. The molecule has 1 unspecified atom stereocenters. The van der Waals surface area contributed by atoms with E-state index < -0.39 is 5.54 Å². The number of aromatic nitrogens is 2. The predicted octanol–water partition coefficient (Wildman–Crippen LogP) is 1.82. The standard InChI is InChI=1S/C13H15BrN4O/c1-13(7-15,9-5-3-2-4-6-9)18-11-10(14)12(19)17-8-16-11/h2-6,8H,7,15H2,1H3,(H2,16,17,18,19). The summed E-state index contributed by atoms with van der Waals surface area (Å²) in [6, 6.07) is 9.82. The molecule has 1 aromatic heterocycles. The average molecular weight is 323 g/mol. The highest BCUT2D eigenvalue weighted by Gasteiger charge is 2.26. The van der Waals surface area contributed by atoms with Gasteiger partial charge < -0.3 is 16.0 Å². The minimum atomic E-state index is -0.495. The van der Waals surface area contributed by atoms with Gasteiger partial charge in [0.05, 0.1) is 11.9 Å². The summed E-state index contributed by atoms with van der Waals surface area (Å²) in [7, 11) is 0. The topological polar surface area (TPSA) is 83.8 Å². The lowest BCUT2D eigenvalue weighted by molar-refractivity contribution is 0.553. The minimum Gasteiger partial charge on any atom is -0.358 e. The van der Waals surface area contributed by atoms with Gasteiger partial charge in [-0.15, -0.1) is 0 Å². The van der Waals surface area contributed by atoms with Gasteiger partial charge in [-0.05, 0) is 28.4 Å². The predicted molar refractivity (Wildman–Crippen MR) is 79.0 cm³/mol. The lowest BCUT2D eigenvalue weighted by Crippen LogP contribution is -2.40. The van der Waals surface area contributed by atoms with Crippen LogP contribution >= 0.6 is 15.9 Å². The van der Waals surface area contributed by atoms with Crippen LogP contribution in [0.15, 0.2) is 45.9 Å². The molecule has 100 valence electrons. The second-order valence-corrected chi connectivity index (χ2v) is 5.21. The molecule has 0 amide bonds. The molecule has 2 aromatic rings. The van der Waals surface area contributed by atoms with Gasteiger partial charge in [0.2, 0.25) is 0 Å². The third-order valence-electron chi connectivity index (χ3n) is 3.01. The van der Waals surface area contributed by atoms with Crippen LogP contribution in [0.2, 0.25) is 0 Å². The second-order valence-electron chi connectivity index (χ2n) is 4.42. The van der Waals surface area contributed by atoms with Crippen molar-refractivity contribution >= 4 is 21.7 Å². The van der Waals surface area contributed by atoms with Crippen LogP contribution in [-0.2, 0) is 5.54 Å². The Morgan fingerprint density at radius 3 is 2.74 bits per heavy atom. The van der Waals surface area contributed by atoms with E-state index >= 15 is 0 Å². The number of H-pyrrole nitrogens is 1. The summed E-state index contributed by atoms with van der Waals surface area (Å²) in [5.41, 5.74) is 6.19. The molecule has 1 atom stereocenters. The SMILES string of the molecule is CC(CN)(Nc1nc[nH]c(=O)c1Br)c1ccccc1. The first-order chi connectivity index (χ1) is 9.07. The van der Waals surface area contributed by atoms with Crippen LogP contribution in [0.4, 0.5) is 5.82 Å². The first-order valence-corrected chi connectivity index (χ1v) is 6.63. The Kier molecular flexibility index (Phi) is 4.01. The van der Waals surface area contributed by atoms with Crippen LogP contribution in [0.25, 0.3) is 0 Å². The van der Waals surface area contributed by atoms with Gasteiger partial charge in [-0.1, -0.05) is 30.3 Å². The third kappa shape index (κ3) is 2.85. The average Bonchev–Trinajstić information content (AvgIpc) is 2.45. The largest absolute Gasteiger partial charge is 0.358 e. The molecule has 4 N–H and O–H groups in total. The highest BCUT2D eigenvalue weighted by atomic mass is 79.9. The number of nitrogens with two attached hydrogens (primary N) is 1. The Hall–Kier alpha value is -1.66. The molecule has 1 aromatic carbocycles. The number of anilines is 1. The zero-order chi connectivity index (χ0) is 13.9. The molecule has 0 spiro atoms. The van der Waals surface area contributed by atoms with Gasteiger partial charge >= 0.3 is 0 Å². The molecule has 0 saturated heterocycles. The van der Waals surface area contributed by atoms with E-state index in [1.54, 1.807) is 0 Å². The van der Waals surface area contributed by atoms with Crippen molar-refractivity contribution in [3.05, 3.63) is 57.0 Å². The van der Waals surface area contributed by atoms with Crippen molar-refractivity contribution in [2.24, 2.45) is 5.73 Å². The molecule has 0 saturated carbocycles. The lowest BCUT2D eigenvalue weighted by Gasteiger charge is -2.30. The van der Waals surface area contributed by atoms with E-state index in [9.17, 15) is 4.79 Å². The Morgan fingerprint density at radius 2 is 2.11 bits per heavy atom. The van der Waals surface area contributed by atoms with Gasteiger partial charge in [-0.2, -0.15) is 0 Å². The molecular weight excluding hydrogens is 308 g/mol. The van der Waals surface area contributed by atoms with Crippen molar-refractivity contribution in [1.29, 1.82) is 0 Å². The van der Waals surface area contributed by atoms with E-state index in [4.69, 9.17) is 5.73 Å². The van der Waals surface area contributed by atoms with E-state index in [-0.39, 0.29) is 5.56 Å². The molecule has 0 aliphatic heterocycles. The van der Waals surface area contributed by atoms with Crippen molar-refractivity contribution in [2.75, 3.05) is 11.9 Å². The number of hydrogen-bond donors (Lipinski definition) is 3. The summed E-state index contributed by atoms with van der Waals surface area (Å²) in [6.45, 7) is 2.34. The molecule has 0 radical (unpaired) electrons. The summed E-state index contributed by atoms with van der Waals surface area (Å²) in [6.07, 6.45) is 1.36. The summed E-state index contributed by atoms with van der Waals surface area (Å²) in [5.74, 6) is 0.473. The number of halogens is 1. The smallest absolute Gasteiger partial charge is 0.267 e. The zero-order valence-corrected chi connectivity index (χ0v) is 12.1. The van der Waals surface area contributed by atoms with Crippen LogP contribution in [0.3, 0.4) is 0 Å². The Balaban J connectivity index is 2.39. The van der Waals surface area contributed by atoms with E-state index in [2.05, 4.69) is 31.2 Å². The molecular formula is C13H15BrN4O. The van der Waals surface area contributed by atoms with Crippen molar-refractivity contribution in [3.63, 3.8) is 0 Å². The molecule has 1 heterocycles. The number of nitrogens with one attached hydrogen (secondary N) is 2. The Bertz CT molecular complexity index is 614. The fourth-order valence-electron chi connectivity index (χ4n) is 1.78. The molecule has 0 fully saturated rings. The van der Waals surface area contributed by atoms with Crippen molar-refractivity contribution in [2.45, 2.75) is 12.5 Å². The van der Waals surface area contributed by atoms with E-state index in [1.165, 1.54) is 6.33 Å². The summed E-state index contributed by atoms with van der Waals surface area (Å²) in [4.78, 5) is 18.2. The number of aromatic amines is 1. The molecule has 2 rings (SSSR count). The van der Waals surface area contributed by atoms with Crippen LogP contribution < -0.4 is 16.6 Å². The third-order valence-corrected chi connectivity index (χ3v) is 3.75. The van der Waals surface area contributed by atoms with Crippen molar-refractivity contribution in [1.82, 2.24) is 9.97 Å². The number of nitrogens with zero attached hydrogens (tertiary/aromatic N) is 1. The van der Waals surface area contributed by atoms with Gasteiger partial charge in [-0.25, -0.2) is 4.98 Å². The van der Waals surface area contributed by atoms with Crippen LogP contribution in [-0.4, -0.2) is 16.5 Å². The van der Waals surface area contributed by atoms with Crippen molar-refractivity contribution < 1.29 is 0 Å². The lowest BCUT2D eigenvalue weighted by atomic mass is 9.92. The fraction of sp³-hybridized carbons (Fsp3) is 0.231. The van der Waals surface area contributed by atoms with Gasteiger partial charge in [0.15, 0.2) is 0 Å². The molecule has 5 nitrogen and oxygen atoms in total. The highest BCUT2D eigenvalue weighted by molar-refractivity contribution is 9.10. The molecule has 0 bridgehead atoms. The molecule has 6 heteroatoms. The number of hydrogen-bond acceptors (Lipinski definition) is 4. The van der Waals surface area contributed by atoms with Crippen LogP contribution in [0, 0.1) is 0 Å². The Morgan fingerprint density at radius 1 is 1.42 bits per heavy atom. The van der Waals surface area contributed by atoms with Crippen LogP contribution in [0.5, 0.6) is 0 Å². The molecule has 0 aliphatic rings. The maximum atomic E-state index is 11.5. The maximum absolute atomic E-state index is 11.5. The summed E-state index contributed by atoms with van der Waals surface area (Å²) < 4.78 is 0.366. The first kappa shape index (κ1) is 13.8. The quantitative estimate of drug-likeness (QED) is 0.801. The Labute approximate surface area is 119 Å². The molecule has 0 aliphatic carbocycles. The number of benzene rings is 1. The number of rotatable bonds is 4. The van der Waals surface area contributed by atoms with Crippen molar-refractivity contribution in [3.8, 4) is 0 Å². The van der Waals surface area contributed by atoms with Gasteiger partial charge in [-0.3, -0.25) is 4.79 Å². The first-order valence-electron chi connectivity index (χ1n) is 5.84. The van der Waals surface area contributed by atoms with Gasteiger partial charge in [0, 0.05) is 6.54 Å². The monoisotopic (exact) mass is 322 g/mol. The van der Waals surface area contributed by atoms with Gasteiger partial charge in [0.25, 0.3) is 5.56 Å². The minimum absolute atomic E-state index is 0.232. The normalized spacial score (nSPS) is 13.8. The fourth-order valence-corrected chi connectivity index (χ4v) is 2.09. The van der Waals surface area contributed by atoms with E-state index in [0.29, 0.717) is 16.8 Å². The van der Waals surface area contributed by atoms with Crippen LogP contribution in [0.1, 0.15) is 12.5 Å². The van der Waals surface area contributed by atoms with E-state index in [1.807, 2.05) is 37.3 Å².